The minimum absolute atomic E-state index is 0.396. The van der Waals surface area contributed by atoms with Crippen molar-refractivity contribution in [3.05, 3.63) is 35.8 Å². The maximum atomic E-state index is 5.81. The SMILES string of the molecule is Clc1ccc2nnc(Cn3cncn3)n2n1. The highest BCUT2D eigenvalue weighted by atomic mass is 35.5. The van der Waals surface area contributed by atoms with Gasteiger partial charge < -0.3 is 0 Å². The van der Waals surface area contributed by atoms with Crippen LogP contribution in [0.5, 0.6) is 0 Å². The molecule has 0 amide bonds. The van der Waals surface area contributed by atoms with Crippen LogP contribution < -0.4 is 0 Å². The van der Waals surface area contributed by atoms with Crippen molar-refractivity contribution >= 4 is 17.2 Å². The van der Waals surface area contributed by atoms with E-state index in [1.165, 1.54) is 6.33 Å². The van der Waals surface area contributed by atoms with Gasteiger partial charge in [-0.15, -0.1) is 10.2 Å². The molecule has 0 aromatic carbocycles. The molecule has 0 spiro atoms. The number of nitrogens with zero attached hydrogens (tertiary/aromatic N) is 7. The molecule has 3 aromatic rings. The highest BCUT2D eigenvalue weighted by Crippen LogP contribution is 2.07. The second kappa shape index (κ2) is 3.53. The summed E-state index contributed by atoms with van der Waals surface area (Å²) in [5, 5.41) is 16.5. The summed E-state index contributed by atoms with van der Waals surface area (Å²) in [6.07, 6.45) is 3.06. The van der Waals surface area contributed by atoms with E-state index in [0.29, 0.717) is 23.2 Å². The van der Waals surface area contributed by atoms with E-state index in [1.54, 1.807) is 27.7 Å². The zero-order valence-electron chi connectivity index (χ0n) is 8.02. The highest BCUT2D eigenvalue weighted by molar-refractivity contribution is 6.29. The quantitative estimate of drug-likeness (QED) is 0.644. The van der Waals surface area contributed by atoms with Gasteiger partial charge in [-0.25, -0.2) is 9.67 Å². The molecule has 0 bridgehead atoms. The molecule has 0 saturated carbocycles. The maximum Gasteiger partial charge on any atom is 0.178 e. The van der Waals surface area contributed by atoms with Crippen molar-refractivity contribution in [2.24, 2.45) is 0 Å². The molecule has 3 heterocycles. The van der Waals surface area contributed by atoms with Crippen molar-refractivity contribution < 1.29 is 0 Å². The first-order chi connectivity index (χ1) is 7.83. The molecule has 8 heteroatoms. The van der Waals surface area contributed by atoms with Crippen LogP contribution in [0.2, 0.25) is 5.15 Å². The van der Waals surface area contributed by atoms with Gasteiger partial charge in [0.05, 0.1) is 0 Å². The minimum Gasteiger partial charge on any atom is -0.245 e. The number of hydrogen-bond acceptors (Lipinski definition) is 5. The molecule has 7 nitrogen and oxygen atoms in total. The minimum atomic E-state index is 0.396. The van der Waals surface area contributed by atoms with Gasteiger partial charge in [0, 0.05) is 0 Å². The Labute approximate surface area is 94.7 Å². The van der Waals surface area contributed by atoms with Gasteiger partial charge in [0.1, 0.15) is 24.4 Å². The van der Waals surface area contributed by atoms with Crippen LogP contribution in [0, 0.1) is 0 Å². The fraction of sp³-hybridized carbons (Fsp3) is 0.125. The van der Waals surface area contributed by atoms with Crippen LogP contribution in [-0.4, -0.2) is 34.6 Å². The molecular formula is C8H6ClN7. The van der Waals surface area contributed by atoms with Gasteiger partial charge in [-0.2, -0.15) is 14.7 Å². The van der Waals surface area contributed by atoms with E-state index in [4.69, 9.17) is 11.6 Å². The molecule has 0 aliphatic rings. The first-order valence-corrected chi connectivity index (χ1v) is 4.90. The molecule has 3 rings (SSSR count). The molecular weight excluding hydrogens is 230 g/mol. The normalized spacial score (nSPS) is 11.1. The third-order valence-electron chi connectivity index (χ3n) is 2.06. The van der Waals surface area contributed by atoms with Crippen LogP contribution in [-0.2, 0) is 6.54 Å². The lowest BCUT2D eigenvalue weighted by molar-refractivity contribution is 0.634. The molecule has 0 radical (unpaired) electrons. The third-order valence-corrected chi connectivity index (χ3v) is 2.27. The second-order valence-electron chi connectivity index (χ2n) is 3.14. The van der Waals surface area contributed by atoms with Crippen molar-refractivity contribution in [1.82, 2.24) is 34.6 Å². The Kier molecular flexibility index (Phi) is 2.03. The van der Waals surface area contributed by atoms with Crippen molar-refractivity contribution in [2.75, 3.05) is 0 Å². The molecule has 16 heavy (non-hydrogen) atoms. The lowest BCUT2D eigenvalue weighted by Crippen LogP contribution is -2.06. The summed E-state index contributed by atoms with van der Waals surface area (Å²) in [5.41, 5.74) is 0.652. The van der Waals surface area contributed by atoms with Gasteiger partial charge in [0.2, 0.25) is 0 Å². The van der Waals surface area contributed by atoms with E-state index < -0.39 is 0 Å². The first kappa shape index (κ1) is 9.22. The Morgan fingerprint density at radius 3 is 3.00 bits per heavy atom. The third kappa shape index (κ3) is 1.50. The Morgan fingerprint density at radius 1 is 1.25 bits per heavy atom. The van der Waals surface area contributed by atoms with Gasteiger partial charge in [-0.1, -0.05) is 11.6 Å². The number of aromatic nitrogens is 7. The molecule has 0 aliphatic heterocycles. The van der Waals surface area contributed by atoms with Crippen LogP contribution in [0.1, 0.15) is 5.82 Å². The van der Waals surface area contributed by atoms with Crippen molar-refractivity contribution in [1.29, 1.82) is 0 Å². The monoisotopic (exact) mass is 235 g/mol. The van der Waals surface area contributed by atoms with Crippen molar-refractivity contribution in [3.63, 3.8) is 0 Å². The Morgan fingerprint density at radius 2 is 2.19 bits per heavy atom. The number of hydrogen-bond donors (Lipinski definition) is 0. The van der Waals surface area contributed by atoms with Crippen LogP contribution in [0.3, 0.4) is 0 Å². The summed E-state index contributed by atoms with van der Waals surface area (Å²) in [7, 11) is 0. The molecule has 0 fully saturated rings. The lowest BCUT2D eigenvalue weighted by atomic mass is 10.5. The summed E-state index contributed by atoms with van der Waals surface area (Å²) in [6.45, 7) is 0.453. The zero-order valence-corrected chi connectivity index (χ0v) is 8.78. The van der Waals surface area contributed by atoms with E-state index in [0.717, 1.165) is 0 Å². The van der Waals surface area contributed by atoms with Crippen molar-refractivity contribution in [3.8, 4) is 0 Å². The van der Waals surface area contributed by atoms with Gasteiger partial charge in [-0.3, -0.25) is 0 Å². The fourth-order valence-corrected chi connectivity index (χ4v) is 1.51. The van der Waals surface area contributed by atoms with E-state index in [9.17, 15) is 0 Å². The largest absolute Gasteiger partial charge is 0.245 e. The summed E-state index contributed by atoms with van der Waals surface area (Å²) >= 11 is 5.81. The van der Waals surface area contributed by atoms with Crippen molar-refractivity contribution in [2.45, 2.75) is 6.54 Å². The average Bonchev–Trinajstić information content (AvgIpc) is 2.90. The summed E-state index contributed by atoms with van der Waals surface area (Å²) in [5.74, 6) is 0.656. The first-order valence-electron chi connectivity index (χ1n) is 4.52. The van der Waals surface area contributed by atoms with Gasteiger partial charge in [-0.05, 0) is 12.1 Å². The number of fused-ring (bicyclic) bond motifs is 1. The summed E-state index contributed by atoms with van der Waals surface area (Å²) in [6, 6.07) is 3.43. The van der Waals surface area contributed by atoms with Gasteiger partial charge in [0.25, 0.3) is 0 Å². The summed E-state index contributed by atoms with van der Waals surface area (Å²) in [4.78, 5) is 3.85. The molecule has 0 unspecified atom stereocenters. The predicted octanol–water partition coefficient (Wildman–Crippen LogP) is 0.417. The fourth-order valence-electron chi connectivity index (χ4n) is 1.37. The number of rotatable bonds is 2. The van der Waals surface area contributed by atoms with E-state index in [1.807, 2.05) is 0 Å². The average molecular weight is 236 g/mol. The lowest BCUT2D eigenvalue weighted by Gasteiger charge is -1.98. The molecule has 0 atom stereocenters. The van der Waals surface area contributed by atoms with Crippen LogP contribution in [0.15, 0.2) is 24.8 Å². The van der Waals surface area contributed by atoms with Crippen LogP contribution in [0.25, 0.3) is 5.65 Å². The zero-order chi connectivity index (χ0) is 11.0. The van der Waals surface area contributed by atoms with Gasteiger partial charge in [0.15, 0.2) is 11.5 Å². The second-order valence-corrected chi connectivity index (χ2v) is 3.52. The molecule has 80 valence electrons. The topological polar surface area (TPSA) is 73.8 Å². The Hall–Kier alpha value is -2.02. The molecule has 0 N–H and O–H groups in total. The van der Waals surface area contributed by atoms with Gasteiger partial charge >= 0.3 is 0 Å². The Balaban J connectivity index is 2.07. The molecule has 0 aliphatic carbocycles. The standard InChI is InChI=1S/C8H6ClN7/c9-6-1-2-7-12-13-8(16(7)14-6)3-15-5-10-4-11-15/h1-2,4-5H,3H2. The predicted molar refractivity (Wildman–Crippen MR) is 54.9 cm³/mol. The van der Waals surface area contributed by atoms with E-state index in [-0.39, 0.29) is 0 Å². The molecule has 0 saturated heterocycles. The summed E-state index contributed by atoms with van der Waals surface area (Å²) < 4.78 is 3.23. The number of halogens is 1. The molecule has 3 aromatic heterocycles. The Bertz CT molecular complexity index is 614. The van der Waals surface area contributed by atoms with Crippen LogP contribution >= 0.6 is 11.6 Å². The maximum absolute atomic E-state index is 5.81. The highest BCUT2D eigenvalue weighted by Gasteiger charge is 2.07. The smallest absolute Gasteiger partial charge is 0.178 e. The van der Waals surface area contributed by atoms with E-state index >= 15 is 0 Å². The van der Waals surface area contributed by atoms with Crippen LogP contribution in [0.4, 0.5) is 0 Å². The van der Waals surface area contributed by atoms with E-state index in [2.05, 4.69) is 25.4 Å².